The lowest BCUT2D eigenvalue weighted by atomic mass is 10.2. The van der Waals surface area contributed by atoms with Crippen molar-refractivity contribution in [2.24, 2.45) is 5.73 Å². The van der Waals surface area contributed by atoms with Crippen LogP contribution in [0.3, 0.4) is 0 Å². The first-order chi connectivity index (χ1) is 9.33. The Balaban J connectivity index is 1.97. The van der Waals surface area contributed by atoms with Gasteiger partial charge in [-0.1, -0.05) is 6.07 Å². The van der Waals surface area contributed by atoms with E-state index in [1.807, 2.05) is 0 Å². The minimum atomic E-state index is 0.575. The predicted molar refractivity (Wildman–Crippen MR) is 76.1 cm³/mol. The predicted octanol–water partition coefficient (Wildman–Crippen LogP) is 2.41. The van der Waals surface area contributed by atoms with E-state index in [0.717, 1.165) is 30.5 Å². The summed E-state index contributed by atoms with van der Waals surface area (Å²) in [6.45, 7) is 1.37. The molecular weight excluding hydrogens is 238 g/mol. The molecular formula is C15H21N3O. The summed E-state index contributed by atoms with van der Waals surface area (Å²) in [7, 11) is 1.75. The van der Waals surface area contributed by atoms with Gasteiger partial charge in [0.05, 0.1) is 11.0 Å². The molecule has 2 N–H and O–H groups in total. The second-order valence-electron chi connectivity index (χ2n) is 5.25. The summed E-state index contributed by atoms with van der Waals surface area (Å²) in [5.74, 6) is 1.20. The fourth-order valence-corrected chi connectivity index (χ4v) is 2.61. The van der Waals surface area contributed by atoms with Crippen molar-refractivity contribution in [2.45, 2.75) is 38.3 Å². The summed E-state index contributed by atoms with van der Waals surface area (Å²) < 4.78 is 7.56. The molecule has 1 aromatic carbocycles. The fraction of sp³-hybridized carbons (Fsp3) is 0.533. The lowest BCUT2D eigenvalue weighted by Crippen LogP contribution is -2.03. The van der Waals surface area contributed by atoms with Crippen LogP contribution in [0.1, 0.15) is 36.7 Å². The molecule has 1 aliphatic carbocycles. The molecule has 1 aromatic heterocycles. The van der Waals surface area contributed by atoms with E-state index < -0.39 is 0 Å². The number of benzene rings is 1. The minimum Gasteiger partial charge on any atom is -0.385 e. The van der Waals surface area contributed by atoms with E-state index in [-0.39, 0.29) is 0 Å². The minimum absolute atomic E-state index is 0.575. The number of hydrogen-bond donors (Lipinski definition) is 1. The third kappa shape index (κ3) is 2.51. The Labute approximate surface area is 113 Å². The Kier molecular flexibility index (Phi) is 3.53. The number of aromatic nitrogens is 2. The number of imidazole rings is 1. The van der Waals surface area contributed by atoms with Gasteiger partial charge in [-0.2, -0.15) is 0 Å². The Morgan fingerprint density at radius 3 is 2.95 bits per heavy atom. The van der Waals surface area contributed by atoms with Crippen LogP contribution >= 0.6 is 0 Å². The summed E-state index contributed by atoms with van der Waals surface area (Å²) in [6.07, 6.45) is 4.57. The fourth-order valence-electron chi connectivity index (χ4n) is 2.61. The van der Waals surface area contributed by atoms with Crippen molar-refractivity contribution in [1.82, 2.24) is 9.55 Å². The molecule has 4 heteroatoms. The van der Waals surface area contributed by atoms with Crippen molar-refractivity contribution in [2.75, 3.05) is 13.7 Å². The number of nitrogens with zero attached hydrogens (tertiary/aromatic N) is 2. The monoisotopic (exact) mass is 259 g/mol. The molecule has 0 radical (unpaired) electrons. The molecule has 0 spiro atoms. The third-order valence-electron chi connectivity index (χ3n) is 3.72. The van der Waals surface area contributed by atoms with Gasteiger partial charge in [0, 0.05) is 32.7 Å². The van der Waals surface area contributed by atoms with Crippen LogP contribution in [-0.4, -0.2) is 23.3 Å². The number of hydrogen-bond acceptors (Lipinski definition) is 3. The summed E-state index contributed by atoms with van der Waals surface area (Å²) in [6, 6.07) is 7.06. The molecule has 0 saturated heterocycles. The molecule has 0 amide bonds. The van der Waals surface area contributed by atoms with Crippen LogP contribution in [0.2, 0.25) is 0 Å². The molecule has 1 aliphatic rings. The molecule has 102 valence electrons. The maximum atomic E-state index is 5.70. The van der Waals surface area contributed by atoms with Gasteiger partial charge in [-0.25, -0.2) is 4.98 Å². The molecule has 4 nitrogen and oxygen atoms in total. The van der Waals surface area contributed by atoms with Crippen molar-refractivity contribution in [3.8, 4) is 0 Å². The van der Waals surface area contributed by atoms with E-state index >= 15 is 0 Å². The van der Waals surface area contributed by atoms with Gasteiger partial charge in [-0.3, -0.25) is 0 Å². The highest BCUT2D eigenvalue weighted by atomic mass is 16.5. The van der Waals surface area contributed by atoms with Crippen molar-refractivity contribution in [1.29, 1.82) is 0 Å². The first kappa shape index (κ1) is 12.6. The summed E-state index contributed by atoms with van der Waals surface area (Å²) >= 11 is 0. The normalized spacial score (nSPS) is 15.3. The van der Waals surface area contributed by atoms with Crippen molar-refractivity contribution in [3.63, 3.8) is 0 Å². The van der Waals surface area contributed by atoms with Gasteiger partial charge in [0.15, 0.2) is 0 Å². The Morgan fingerprint density at radius 1 is 1.42 bits per heavy atom. The average molecular weight is 259 g/mol. The van der Waals surface area contributed by atoms with E-state index in [1.54, 1.807) is 7.11 Å². The number of methoxy groups -OCH3 is 1. The maximum absolute atomic E-state index is 5.70. The zero-order chi connectivity index (χ0) is 13.2. The van der Waals surface area contributed by atoms with Crippen molar-refractivity contribution >= 4 is 11.0 Å². The number of rotatable bonds is 6. The molecule has 19 heavy (non-hydrogen) atoms. The number of ether oxygens (including phenoxy) is 1. The second kappa shape index (κ2) is 5.31. The third-order valence-corrected chi connectivity index (χ3v) is 3.72. The molecule has 1 heterocycles. The highest BCUT2D eigenvalue weighted by Crippen LogP contribution is 2.39. The van der Waals surface area contributed by atoms with Crippen LogP contribution in [0, 0.1) is 0 Å². The lowest BCUT2D eigenvalue weighted by Gasteiger charge is -2.07. The molecule has 0 bridgehead atoms. The van der Waals surface area contributed by atoms with Gasteiger partial charge in [0.25, 0.3) is 0 Å². The van der Waals surface area contributed by atoms with Crippen LogP contribution in [-0.2, 0) is 17.7 Å². The smallest absolute Gasteiger partial charge is 0.110 e. The van der Waals surface area contributed by atoms with Crippen LogP contribution < -0.4 is 5.73 Å². The number of aryl methyl sites for hydroxylation is 1. The molecule has 0 atom stereocenters. The molecule has 3 rings (SSSR count). The quantitative estimate of drug-likeness (QED) is 0.810. The molecule has 2 aromatic rings. The zero-order valence-corrected chi connectivity index (χ0v) is 11.4. The van der Waals surface area contributed by atoms with Gasteiger partial charge < -0.3 is 15.0 Å². The van der Waals surface area contributed by atoms with E-state index in [4.69, 9.17) is 15.5 Å². The van der Waals surface area contributed by atoms with Crippen LogP contribution in [0.15, 0.2) is 18.2 Å². The number of fused-ring (bicyclic) bond motifs is 1. The van der Waals surface area contributed by atoms with Gasteiger partial charge in [-0.05, 0) is 37.0 Å². The van der Waals surface area contributed by atoms with Gasteiger partial charge in [0.1, 0.15) is 5.82 Å². The largest absolute Gasteiger partial charge is 0.385 e. The Hall–Kier alpha value is -1.39. The van der Waals surface area contributed by atoms with Crippen molar-refractivity contribution in [3.05, 3.63) is 29.6 Å². The van der Waals surface area contributed by atoms with E-state index in [9.17, 15) is 0 Å². The van der Waals surface area contributed by atoms with Crippen molar-refractivity contribution < 1.29 is 4.74 Å². The molecule has 1 fully saturated rings. The second-order valence-corrected chi connectivity index (χ2v) is 5.25. The highest BCUT2D eigenvalue weighted by molar-refractivity contribution is 5.77. The SMILES string of the molecule is COCCCc1nc2cc(CN)ccc2n1C1CC1. The standard InChI is InChI=1S/C15H21N3O/c1-19-8-2-3-15-17-13-9-11(10-16)4-7-14(13)18(15)12-5-6-12/h4,7,9,12H,2-3,5-6,8,10,16H2,1H3. The lowest BCUT2D eigenvalue weighted by molar-refractivity contribution is 0.194. The summed E-state index contributed by atoms with van der Waals surface area (Å²) in [5, 5.41) is 0. The summed E-state index contributed by atoms with van der Waals surface area (Å²) in [4.78, 5) is 4.81. The highest BCUT2D eigenvalue weighted by Gasteiger charge is 2.27. The average Bonchev–Trinajstić information content (AvgIpc) is 3.20. The van der Waals surface area contributed by atoms with Crippen LogP contribution in [0.4, 0.5) is 0 Å². The maximum Gasteiger partial charge on any atom is 0.110 e. The molecule has 1 saturated carbocycles. The zero-order valence-electron chi connectivity index (χ0n) is 11.4. The van der Waals surface area contributed by atoms with Gasteiger partial charge in [0.2, 0.25) is 0 Å². The van der Waals surface area contributed by atoms with Crippen LogP contribution in [0.5, 0.6) is 0 Å². The topological polar surface area (TPSA) is 53.1 Å². The molecule has 0 unspecified atom stereocenters. The number of nitrogens with two attached hydrogens (primary N) is 1. The Morgan fingerprint density at radius 2 is 2.26 bits per heavy atom. The van der Waals surface area contributed by atoms with E-state index in [2.05, 4.69) is 22.8 Å². The Bertz CT molecular complexity index is 572. The van der Waals surface area contributed by atoms with E-state index in [1.165, 1.54) is 24.2 Å². The summed E-state index contributed by atoms with van der Waals surface area (Å²) in [5.41, 5.74) is 9.20. The first-order valence-corrected chi connectivity index (χ1v) is 7.02. The van der Waals surface area contributed by atoms with Crippen LogP contribution in [0.25, 0.3) is 11.0 Å². The van der Waals surface area contributed by atoms with E-state index in [0.29, 0.717) is 12.6 Å². The first-order valence-electron chi connectivity index (χ1n) is 7.02. The van der Waals surface area contributed by atoms with Gasteiger partial charge >= 0.3 is 0 Å². The molecule has 0 aliphatic heterocycles. The van der Waals surface area contributed by atoms with Gasteiger partial charge in [-0.15, -0.1) is 0 Å².